The van der Waals surface area contributed by atoms with Crippen LogP contribution >= 0.6 is 11.6 Å². The fraction of sp³-hybridized carbons (Fsp3) is 0.381. The maximum Gasteiger partial charge on any atom is 0.264 e. The summed E-state index contributed by atoms with van der Waals surface area (Å²) in [6, 6.07) is 2.63. The summed E-state index contributed by atoms with van der Waals surface area (Å²) in [5, 5.41) is 7.16. The number of carbonyl (C=O) groups excluding carboxylic acids is 2. The number of anilines is 1. The van der Waals surface area contributed by atoms with Crippen LogP contribution in [0.15, 0.2) is 18.3 Å². The van der Waals surface area contributed by atoms with Crippen LogP contribution < -0.4 is 10.1 Å². The molecule has 0 spiro atoms. The molecule has 1 unspecified atom stereocenters. The van der Waals surface area contributed by atoms with Crippen LogP contribution in [0.2, 0.25) is 5.15 Å². The molecule has 0 aliphatic heterocycles. The first kappa shape index (κ1) is 22.1. The van der Waals surface area contributed by atoms with Crippen LogP contribution in [0.5, 0.6) is 5.88 Å². The van der Waals surface area contributed by atoms with Gasteiger partial charge < -0.3 is 10.1 Å². The van der Waals surface area contributed by atoms with Crippen molar-refractivity contribution in [1.82, 2.24) is 19.6 Å². The maximum absolute atomic E-state index is 13.6. The number of carbonyl (C=O) groups is 2. The zero-order chi connectivity index (χ0) is 23.4. The molecule has 0 radical (unpaired) electrons. The van der Waals surface area contributed by atoms with E-state index in [-0.39, 0.29) is 22.4 Å². The smallest absolute Gasteiger partial charge is 0.264 e. The number of hydrogen-bond acceptors (Lipinski definition) is 6. The third kappa shape index (κ3) is 3.58. The lowest BCUT2D eigenvalue weighted by Crippen LogP contribution is -2.22. The number of fused-ring (bicyclic) bond motifs is 3. The second kappa shape index (κ2) is 7.77. The highest BCUT2D eigenvalue weighted by molar-refractivity contribution is 6.29. The lowest BCUT2D eigenvalue weighted by Gasteiger charge is -2.19. The molecule has 3 aromatic heterocycles. The molecule has 8 nitrogen and oxygen atoms in total. The number of nitrogens with one attached hydrogen (secondary N) is 1. The van der Waals surface area contributed by atoms with Gasteiger partial charge in [0.2, 0.25) is 11.8 Å². The minimum Gasteiger partial charge on any atom is -0.480 e. The van der Waals surface area contributed by atoms with Gasteiger partial charge in [-0.15, -0.1) is 0 Å². The summed E-state index contributed by atoms with van der Waals surface area (Å²) >= 11 is 6.03. The summed E-state index contributed by atoms with van der Waals surface area (Å²) in [5.74, 6) is -2.07. The fourth-order valence-electron chi connectivity index (χ4n) is 4.29. The monoisotopic (exact) mass is 463 g/mol. The number of Topliss-reactive ketones (excluding diaryl/α,β-unsaturated/α-hetero) is 1. The fourth-order valence-corrected chi connectivity index (χ4v) is 4.47. The van der Waals surface area contributed by atoms with Crippen molar-refractivity contribution in [2.75, 3.05) is 12.4 Å². The zero-order valence-corrected chi connectivity index (χ0v) is 18.5. The van der Waals surface area contributed by atoms with Gasteiger partial charge in [0, 0.05) is 28.8 Å². The molecule has 0 bridgehead atoms. The standard InChI is InChI=1S/C21H20ClF2N5O3/c1-9(30)16-10(18(23)24)5-14(27-20(16)32-4)26-19(31)11-7-21(2,3)17-12(11)8-25-15-6-13(22)28-29(15)17/h5-6,8,11,18H,7H2,1-4H3,(H,26,27,31). The zero-order valence-electron chi connectivity index (χ0n) is 17.7. The van der Waals surface area contributed by atoms with E-state index >= 15 is 0 Å². The van der Waals surface area contributed by atoms with Crippen molar-refractivity contribution < 1.29 is 23.1 Å². The number of ether oxygens (including phenoxy) is 1. The van der Waals surface area contributed by atoms with E-state index in [4.69, 9.17) is 16.3 Å². The molecule has 11 heteroatoms. The Balaban J connectivity index is 1.73. The minimum absolute atomic E-state index is 0.130. The highest BCUT2D eigenvalue weighted by Crippen LogP contribution is 2.46. The van der Waals surface area contributed by atoms with Gasteiger partial charge in [-0.1, -0.05) is 25.4 Å². The van der Waals surface area contributed by atoms with Gasteiger partial charge >= 0.3 is 0 Å². The van der Waals surface area contributed by atoms with Crippen molar-refractivity contribution in [1.29, 1.82) is 0 Å². The predicted octanol–water partition coefficient (Wildman–Crippen LogP) is 4.33. The third-order valence-electron chi connectivity index (χ3n) is 5.58. The van der Waals surface area contributed by atoms with Crippen LogP contribution in [-0.2, 0) is 10.2 Å². The van der Waals surface area contributed by atoms with Gasteiger partial charge in [-0.25, -0.2) is 18.3 Å². The van der Waals surface area contributed by atoms with Gasteiger partial charge in [0.15, 0.2) is 16.6 Å². The summed E-state index contributed by atoms with van der Waals surface area (Å²) in [7, 11) is 1.22. The van der Waals surface area contributed by atoms with Crippen molar-refractivity contribution in [3.8, 4) is 5.88 Å². The molecule has 1 atom stereocenters. The molecular weight excluding hydrogens is 444 g/mol. The molecule has 1 amide bonds. The Kier molecular flexibility index (Phi) is 5.36. The minimum atomic E-state index is -2.95. The normalized spacial score (nSPS) is 16.9. The van der Waals surface area contributed by atoms with Gasteiger partial charge in [0.25, 0.3) is 6.43 Å². The van der Waals surface area contributed by atoms with Gasteiger partial charge in [-0.05, 0) is 19.4 Å². The molecule has 168 valence electrons. The molecule has 32 heavy (non-hydrogen) atoms. The largest absolute Gasteiger partial charge is 0.480 e. The van der Waals surface area contributed by atoms with Crippen molar-refractivity contribution in [3.05, 3.63) is 45.9 Å². The van der Waals surface area contributed by atoms with Crippen LogP contribution in [0.1, 0.15) is 66.7 Å². The first-order chi connectivity index (χ1) is 15.0. The SMILES string of the molecule is COc1nc(NC(=O)C2CC(C)(C)c3c2cnc2cc(Cl)nn32)cc(C(F)F)c1C(C)=O. The van der Waals surface area contributed by atoms with Crippen molar-refractivity contribution in [3.63, 3.8) is 0 Å². The quantitative estimate of drug-likeness (QED) is 0.565. The van der Waals surface area contributed by atoms with Crippen molar-refractivity contribution in [2.24, 2.45) is 0 Å². The summed E-state index contributed by atoms with van der Waals surface area (Å²) in [5.41, 5.74) is 0.750. The third-order valence-corrected chi connectivity index (χ3v) is 5.76. The van der Waals surface area contributed by atoms with E-state index in [9.17, 15) is 18.4 Å². The number of amides is 1. The number of nitrogens with zero attached hydrogens (tertiary/aromatic N) is 4. The molecule has 1 aliphatic carbocycles. The van der Waals surface area contributed by atoms with E-state index in [1.54, 1.807) is 16.8 Å². The molecule has 0 saturated carbocycles. The Labute approximate surface area is 186 Å². The summed E-state index contributed by atoms with van der Waals surface area (Å²) < 4.78 is 33.9. The molecule has 0 aromatic carbocycles. The topological polar surface area (TPSA) is 98.5 Å². The van der Waals surface area contributed by atoms with Crippen LogP contribution in [0.4, 0.5) is 14.6 Å². The highest BCUT2D eigenvalue weighted by atomic mass is 35.5. The molecule has 0 saturated heterocycles. The van der Waals surface area contributed by atoms with Crippen LogP contribution in [0.25, 0.3) is 5.65 Å². The average molecular weight is 464 g/mol. The molecular formula is C21H20ClF2N5O3. The highest BCUT2D eigenvalue weighted by Gasteiger charge is 2.43. The maximum atomic E-state index is 13.6. The number of rotatable bonds is 5. The summed E-state index contributed by atoms with van der Waals surface area (Å²) in [6.07, 6.45) is -0.898. The number of alkyl halides is 2. The van der Waals surface area contributed by atoms with E-state index in [1.807, 2.05) is 13.8 Å². The van der Waals surface area contributed by atoms with Gasteiger partial charge in [0.05, 0.1) is 24.3 Å². The molecule has 3 aromatic rings. The Morgan fingerprint density at radius 3 is 2.69 bits per heavy atom. The Morgan fingerprint density at radius 2 is 2.06 bits per heavy atom. The van der Waals surface area contributed by atoms with E-state index in [0.29, 0.717) is 17.6 Å². The first-order valence-electron chi connectivity index (χ1n) is 9.77. The lowest BCUT2D eigenvalue weighted by atomic mass is 9.88. The number of hydrogen-bond donors (Lipinski definition) is 1. The van der Waals surface area contributed by atoms with Crippen LogP contribution in [0, 0.1) is 0 Å². The van der Waals surface area contributed by atoms with Gasteiger partial charge in [-0.3, -0.25) is 9.59 Å². The van der Waals surface area contributed by atoms with E-state index in [0.717, 1.165) is 18.7 Å². The summed E-state index contributed by atoms with van der Waals surface area (Å²) in [6.45, 7) is 5.11. The van der Waals surface area contributed by atoms with Crippen LogP contribution in [-0.4, -0.2) is 38.4 Å². The molecule has 3 heterocycles. The van der Waals surface area contributed by atoms with Crippen molar-refractivity contribution in [2.45, 2.75) is 45.0 Å². The van der Waals surface area contributed by atoms with Gasteiger partial charge in [-0.2, -0.15) is 10.1 Å². The predicted molar refractivity (Wildman–Crippen MR) is 113 cm³/mol. The number of halogens is 3. The first-order valence-corrected chi connectivity index (χ1v) is 10.1. The van der Waals surface area contributed by atoms with E-state index in [1.165, 1.54) is 7.11 Å². The molecule has 1 N–H and O–H groups in total. The van der Waals surface area contributed by atoms with Gasteiger partial charge in [0.1, 0.15) is 5.82 Å². The van der Waals surface area contributed by atoms with Crippen molar-refractivity contribution >= 4 is 34.8 Å². The molecule has 0 fully saturated rings. The average Bonchev–Trinajstić information content (AvgIpc) is 3.22. The van der Waals surface area contributed by atoms with E-state index < -0.39 is 35.0 Å². The molecule has 4 rings (SSSR count). The van der Waals surface area contributed by atoms with E-state index in [2.05, 4.69) is 20.4 Å². The second-order valence-corrected chi connectivity index (χ2v) is 8.65. The lowest BCUT2D eigenvalue weighted by molar-refractivity contribution is -0.117. The second-order valence-electron chi connectivity index (χ2n) is 8.27. The Hall–Kier alpha value is -3.14. The Bertz CT molecular complexity index is 1260. The number of methoxy groups -OCH3 is 1. The number of pyridine rings is 1. The number of aromatic nitrogens is 4. The molecule has 1 aliphatic rings. The van der Waals surface area contributed by atoms with Crippen LogP contribution in [0.3, 0.4) is 0 Å². The Morgan fingerprint density at radius 1 is 1.34 bits per heavy atom. The number of ketones is 1. The summed E-state index contributed by atoms with van der Waals surface area (Å²) in [4.78, 5) is 33.4.